The molecule has 30 heavy (non-hydrogen) atoms. The minimum atomic E-state index is 0.00796. The molecule has 154 valence electrons. The summed E-state index contributed by atoms with van der Waals surface area (Å²) in [6.07, 6.45) is 1.89. The van der Waals surface area contributed by atoms with Crippen LogP contribution in [0.15, 0.2) is 83.8 Å². The fourth-order valence-electron chi connectivity index (χ4n) is 3.79. The summed E-state index contributed by atoms with van der Waals surface area (Å²) in [5.41, 5.74) is 4.50. The van der Waals surface area contributed by atoms with Crippen LogP contribution in [-0.4, -0.2) is 24.2 Å². The number of benzene rings is 3. The highest BCUT2D eigenvalue weighted by Crippen LogP contribution is 2.36. The number of carbonyl (C=O) groups is 1. The molecule has 0 unspecified atom stereocenters. The summed E-state index contributed by atoms with van der Waals surface area (Å²) in [4.78, 5) is 16.5. The lowest BCUT2D eigenvalue weighted by Crippen LogP contribution is -2.33. The van der Waals surface area contributed by atoms with Crippen LogP contribution in [-0.2, 0) is 13.0 Å². The molecular weight excluding hydrogens is 388 g/mol. The lowest BCUT2D eigenvalue weighted by molar-refractivity contribution is 0.0938. The summed E-state index contributed by atoms with van der Waals surface area (Å²) in [6, 6.07) is 27.2. The Labute approximate surface area is 183 Å². The minimum absolute atomic E-state index is 0.00796. The first-order valence-corrected chi connectivity index (χ1v) is 11.6. The summed E-state index contributed by atoms with van der Waals surface area (Å²) < 4.78 is 0. The van der Waals surface area contributed by atoms with Crippen molar-refractivity contribution in [1.29, 1.82) is 0 Å². The normalized spacial score (nSPS) is 14.1. The fraction of sp³-hybridized carbons (Fsp3) is 0.269. The van der Waals surface area contributed by atoms with Crippen LogP contribution in [0.3, 0.4) is 0 Å². The lowest BCUT2D eigenvalue weighted by atomic mass is 10.1. The summed E-state index contributed by atoms with van der Waals surface area (Å²) in [5.74, 6) is 1.08. The topological polar surface area (TPSA) is 32.3 Å². The molecule has 0 spiro atoms. The predicted octanol–water partition coefficient (Wildman–Crippen LogP) is 5.55. The Balaban J connectivity index is 1.42. The molecule has 0 saturated carbocycles. The molecule has 0 bridgehead atoms. The number of hydrogen-bond donors (Lipinski definition) is 1. The average molecular weight is 417 g/mol. The summed E-state index contributed by atoms with van der Waals surface area (Å²) in [7, 11) is 0. The van der Waals surface area contributed by atoms with Crippen LogP contribution < -0.4 is 10.2 Å². The van der Waals surface area contributed by atoms with Gasteiger partial charge in [0.25, 0.3) is 5.91 Å². The largest absolute Gasteiger partial charge is 0.365 e. The number of anilines is 1. The standard InChI is InChI=1S/C26H28N2OS/c1-20(12-13-21-8-4-2-5-9-21)27-26(29)23-14-15-25-24(18-23)28(16-17-30-25)19-22-10-6-3-7-11-22/h2-11,14-15,18,20H,12-13,16-17,19H2,1H3,(H,27,29)/t20-/m1/s1. The van der Waals surface area contributed by atoms with E-state index in [0.29, 0.717) is 0 Å². The second-order valence-corrected chi connectivity index (χ2v) is 8.97. The quantitative estimate of drug-likeness (QED) is 0.548. The maximum absolute atomic E-state index is 12.9. The Morgan fingerprint density at radius 1 is 1.00 bits per heavy atom. The van der Waals surface area contributed by atoms with Gasteiger partial charge in [-0.25, -0.2) is 0 Å². The Bertz CT molecular complexity index is 975. The van der Waals surface area contributed by atoms with Crippen LogP contribution in [0.1, 0.15) is 34.8 Å². The molecule has 1 amide bonds. The van der Waals surface area contributed by atoms with Gasteiger partial charge in [0.2, 0.25) is 0 Å². The highest BCUT2D eigenvalue weighted by atomic mass is 32.2. The highest BCUT2D eigenvalue weighted by Gasteiger charge is 2.20. The number of nitrogens with zero attached hydrogens (tertiary/aromatic N) is 1. The van der Waals surface area contributed by atoms with E-state index in [2.05, 4.69) is 77.8 Å². The van der Waals surface area contributed by atoms with Gasteiger partial charge in [-0.05, 0) is 49.1 Å². The smallest absolute Gasteiger partial charge is 0.251 e. The van der Waals surface area contributed by atoms with Crippen LogP contribution in [0, 0.1) is 0 Å². The number of carbonyl (C=O) groups excluding carboxylic acids is 1. The number of rotatable bonds is 7. The molecule has 1 aliphatic rings. The van der Waals surface area contributed by atoms with Gasteiger partial charge < -0.3 is 10.2 Å². The molecule has 1 aliphatic heterocycles. The number of fused-ring (bicyclic) bond motifs is 1. The maximum Gasteiger partial charge on any atom is 0.251 e. The zero-order valence-corrected chi connectivity index (χ0v) is 18.2. The van der Waals surface area contributed by atoms with Gasteiger partial charge in [0.15, 0.2) is 0 Å². The Kier molecular flexibility index (Phi) is 6.75. The van der Waals surface area contributed by atoms with E-state index in [4.69, 9.17) is 0 Å². The average Bonchev–Trinajstić information content (AvgIpc) is 2.79. The van der Waals surface area contributed by atoms with Crippen molar-refractivity contribution in [2.75, 3.05) is 17.2 Å². The Hall–Kier alpha value is -2.72. The third-order valence-corrected chi connectivity index (χ3v) is 6.53. The second-order valence-electron chi connectivity index (χ2n) is 7.84. The Morgan fingerprint density at radius 2 is 1.70 bits per heavy atom. The van der Waals surface area contributed by atoms with Crippen molar-refractivity contribution in [1.82, 2.24) is 5.32 Å². The monoisotopic (exact) mass is 416 g/mol. The molecule has 1 heterocycles. The van der Waals surface area contributed by atoms with E-state index in [-0.39, 0.29) is 11.9 Å². The van der Waals surface area contributed by atoms with Gasteiger partial charge >= 0.3 is 0 Å². The fourth-order valence-corrected chi connectivity index (χ4v) is 4.82. The molecule has 0 radical (unpaired) electrons. The third kappa shape index (κ3) is 5.25. The van der Waals surface area contributed by atoms with E-state index in [1.807, 2.05) is 30.0 Å². The van der Waals surface area contributed by atoms with Crippen molar-refractivity contribution in [3.8, 4) is 0 Å². The van der Waals surface area contributed by atoms with Crippen LogP contribution in [0.5, 0.6) is 0 Å². The number of nitrogens with one attached hydrogen (secondary N) is 1. The molecule has 0 fully saturated rings. The van der Waals surface area contributed by atoms with E-state index in [1.54, 1.807) is 0 Å². The van der Waals surface area contributed by atoms with Crippen molar-refractivity contribution in [2.24, 2.45) is 0 Å². The van der Waals surface area contributed by atoms with E-state index in [1.165, 1.54) is 21.7 Å². The molecular formula is C26H28N2OS. The van der Waals surface area contributed by atoms with Crippen molar-refractivity contribution in [3.05, 3.63) is 95.6 Å². The summed E-state index contributed by atoms with van der Waals surface area (Å²) in [5, 5.41) is 3.17. The zero-order valence-electron chi connectivity index (χ0n) is 17.4. The van der Waals surface area contributed by atoms with Crippen LogP contribution in [0.25, 0.3) is 0 Å². The van der Waals surface area contributed by atoms with E-state index >= 15 is 0 Å². The van der Waals surface area contributed by atoms with Gasteiger partial charge in [0.05, 0.1) is 5.69 Å². The molecule has 0 aliphatic carbocycles. The van der Waals surface area contributed by atoms with Crippen molar-refractivity contribution < 1.29 is 4.79 Å². The minimum Gasteiger partial charge on any atom is -0.365 e. The molecule has 1 N–H and O–H groups in total. The van der Waals surface area contributed by atoms with Gasteiger partial charge in [0.1, 0.15) is 0 Å². The highest BCUT2D eigenvalue weighted by molar-refractivity contribution is 7.99. The first kappa shape index (κ1) is 20.5. The first-order valence-electron chi connectivity index (χ1n) is 10.6. The third-order valence-electron chi connectivity index (χ3n) is 5.48. The maximum atomic E-state index is 12.9. The van der Waals surface area contributed by atoms with Crippen molar-refractivity contribution >= 4 is 23.4 Å². The van der Waals surface area contributed by atoms with Gasteiger partial charge in [-0.1, -0.05) is 60.7 Å². The SMILES string of the molecule is C[C@H](CCc1ccccc1)NC(=O)c1ccc2c(c1)N(Cc1ccccc1)CCS2. The molecule has 1 atom stereocenters. The van der Waals surface area contributed by atoms with E-state index in [0.717, 1.165) is 37.2 Å². The molecule has 3 aromatic rings. The summed E-state index contributed by atoms with van der Waals surface area (Å²) >= 11 is 1.87. The van der Waals surface area contributed by atoms with Gasteiger partial charge in [-0.2, -0.15) is 0 Å². The first-order chi connectivity index (χ1) is 14.7. The zero-order chi connectivity index (χ0) is 20.8. The predicted molar refractivity (Wildman–Crippen MR) is 126 cm³/mol. The number of thioether (sulfide) groups is 1. The lowest BCUT2D eigenvalue weighted by Gasteiger charge is -2.31. The molecule has 4 rings (SSSR count). The van der Waals surface area contributed by atoms with Gasteiger partial charge in [-0.3, -0.25) is 4.79 Å². The van der Waals surface area contributed by atoms with E-state index < -0.39 is 0 Å². The van der Waals surface area contributed by atoms with E-state index in [9.17, 15) is 4.79 Å². The van der Waals surface area contributed by atoms with Crippen molar-refractivity contribution in [3.63, 3.8) is 0 Å². The second kappa shape index (κ2) is 9.86. The summed E-state index contributed by atoms with van der Waals surface area (Å²) in [6.45, 7) is 3.94. The van der Waals surface area contributed by atoms with Gasteiger partial charge in [0, 0.05) is 35.3 Å². The van der Waals surface area contributed by atoms with Crippen LogP contribution >= 0.6 is 11.8 Å². The Morgan fingerprint density at radius 3 is 2.43 bits per heavy atom. The molecule has 4 heteroatoms. The molecule has 0 saturated heterocycles. The van der Waals surface area contributed by atoms with Crippen molar-refractivity contribution in [2.45, 2.75) is 37.2 Å². The molecule has 3 nitrogen and oxygen atoms in total. The van der Waals surface area contributed by atoms with Gasteiger partial charge in [-0.15, -0.1) is 11.8 Å². The molecule has 3 aromatic carbocycles. The van der Waals surface area contributed by atoms with Crippen LogP contribution in [0.2, 0.25) is 0 Å². The van der Waals surface area contributed by atoms with Crippen LogP contribution in [0.4, 0.5) is 5.69 Å². The number of amides is 1. The molecule has 0 aromatic heterocycles. The number of aryl methyl sites for hydroxylation is 1. The number of hydrogen-bond acceptors (Lipinski definition) is 3.